The van der Waals surface area contributed by atoms with E-state index in [0.29, 0.717) is 0 Å². The monoisotopic (exact) mass is 959 g/mol. The molecule has 0 aliphatic carbocycles. The van der Waals surface area contributed by atoms with Crippen molar-refractivity contribution in [3.05, 3.63) is 0 Å². The lowest BCUT2D eigenvalue weighted by Gasteiger charge is -2.14. The molecule has 0 aliphatic heterocycles. The van der Waals surface area contributed by atoms with Gasteiger partial charge < -0.3 is 11.4 Å². The molecule has 0 aromatic rings. The molecule has 0 aromatic carbocycles. The van der Waals surface area contributed by atoms with Crippen molar-refractivity contribution in [1.29, 1.82) is 0 Å². The summed E-state index contributed by atoms with van der Waals surface area (Å²) in [5.74, 6) is -1.76. The van der Waals surface area contributed by atoms with Gasteiger partial charge >= 0.3 is 15.1 Å². The van der Waals surface area contributed by atoms with Gasteiger partial charge in [-0.15, -0.1) is 0 Å². The first-order valence-corrected chi connectivity index (χ1v) is 13.0. The van der Waals surface area contributed by atoms with Crippen molar-refractivity contribution in [2.45, 2.75) is 5.79 Å². The van der Waals surface area contributed by atoms with Gasteiger partial charge in [0.2, 0.25) is 0 Å². The highest BCUT2D eigenvalue weighted by atomic mass is 127. The van der Waals surface area contributed by atoms with Gasteiger partial charge in [0.15, 0.2) is 5.79 Å². The minimum absolute atomic E-state index is 0.451. The molecular weight excluding hydrogens is 956 g/mol. The maximum atomic E-state index is 11.5. The molecule has 0 saturated carbocycles. The lowest BCUT2D eigenvalue weighted by atomic mass is 10.8. The standard InChI is InChI=1S/3C2H2I2O2.Al/c3*3-1(4)2(5)6;/h3*1H,(H,5,6);/q;;;+3/p-3. The largest absolute Gasteiger partial charge is 1.20 e. The first-order chi connectivity index (χ1) is 8.65. The Bertz CT molecular complexity index is 297. The minimum atomic E-state index is -3.15. The van der Waals surface area contributed by atoms with Crippen molar-refractivity contribution in [1.82, 2.24) is 0 Å². The molecule has 13 heteroatoms. The van der Waals surface area contributed by atoms with Gasteiger partial charge in [-0.25, -0.2) is 0 Å². The van der Waals surface area contributed by atoms with Gasteiger partial charge in [-0.3, -0.25) is 14.4 Å². The highest BCUT2D eigenvalue weighted by Crippen LogP contribution is 2.17. The molecule has 6 nitrogen and oxygen atoms in total. The number of hydrogen-bond donors (Lipinski definition) is 0. The normalized spacial score (nSPS) is 10.6. The van der Waals surface area contributed by atoms with Crippen molar-refractivity contribution in [2.24, 2.45) is 0 Å². The maximum Gasteiger partial charge on any atom is 1.20 e. The highest BCUT2D eigenvalue weighted by Gasteiger charge is 2.50. The van der Waals surface area contributed by atoms with E-state index >= 15 is 0 Å². The third-order valence-corrected chi connectivity index (χ3v) is 5.50. The molecule has 0 atom stereocenters. The zero-order valence-electron chi connectivity index (χ0n) is 8.53. The van der Waals surface area contributed by atoms with Gasteiger partial charge in [0, 0.05) is 0 Å². The van der Waals surface area contributed by atoms with Crippen LogP contribution in [0.1, 0.15) is 0 Å². The SMILES string of the molecule is O=C([O][Al]([O]C(=O)C(I)I)[O]C(=O)C(I)I)C(I)I. The zero-order valence-corrected chi connectivity index (χ0v) is 22.6. The Labute approximate surface area is 196 Å². The van der Waals surface area contributed by atoms with E-state index in [-0.39, 0.29) is 0 Å². The summed E-state index contributed by atoms with van der Waals surface area (Å²) >= 11 is 7.91. The smallest absolute Gasteiger partial charge is 0.549 e. The van der Waals surface area contributed by atoms with E-state index in [1.165, 1.54) is 0 Å². The van der Waals surface area contributed by atoms with Gasteiger partial charge in [0.1, 0.15) is 0 Å². The Morgan fingerprint density at radius 1 is 0.632 bits per heavy atom. The summed E-state index contributed by atoms with van der Waals surface area (Å²) in [6, 6.07) is 0. The molecule has 0 spiro atoms. The van der Waals surface area contributed by atoms with E-state index in [9.17, 15) is 14.4 Å². The molecule has 0 aromatic heterocycles. The third-order valence-electron chi connectivity index (χ3n) is 1.17. The molecule has 0 saturated heterocycles. The molecule has 19 heavy (non-hydrogen) atoms. The van der Waals surface area contributed by atoms with Gasteiger partial charge in [-0.1, -0.05) is 136 Å². The average molecular weight is 959 g/mol. The second-order valence-electron chi connectivity index (χ2n) is 2.50. The zero-order chi connectivity index (χ0) is 15.2. The first-order valence-electron chi connectivity index (χ1n) is 4.11. The van der Waals surface area contributed by atoms with Crippen molar-refractivity contribution in [2.75, 3.05) is 0 Å². The Morgan fingerprint density at radius 2 is 0.842 bits per heavy atom. The Kier molecular flexibility index (Phi) is 13.9. The molecule has 0 aliphatic rings. The summed E-state index contributed by atoms with van der Waals surface area (Å²) in [5, 5.41) is 0. The number of carbonyl (C=O) groups is 3. The molecule has 0 heterocycles. The molecule has 0 bridgehead atoms. The second-order valence-corrected chi connectivity index (χ2v) is 18.4. The molecule has 108 valence electrons. The van der Waals surface area contributed by atoms with Crippen LogP contribution in [-0.4, -0.2) is 38.9 Å². The van der Waals surface area contributed by atoms with Crippen molar-refractivity contribution in [3.63, 3.8) is 0 Å². The summed E-state index contributed by atoms with van der Waals surface area (Å²) in [5.41, 5.74) is 0. The van der Waals surface area contributed by atoms with Gasteiger partial charge in [0.25, 0.3) is 17.9 Å². The van der Waals surface area contributed by atoms with Crippen LogP contribution < -0.4 is 0 Å². The number of hydrogen-bond acceptors (Lipinski definition) is 6. The average Bonchev–Trinajstić information content (AvgIpc) is 2.27. The highest BCUT2D eigenvalue weighted by molar-refractivity contribution is 14.2. The molecular formula is C6H3AlI6O6. The molecule has 0 radical (unpaired) electrons. The van der Waals surface area contributed by atoms with Crippen LogP contribution in [0.3, 0.4) is 0 Å². The minimum Gasteiger partial charge on any atom is -0.549 e. The van der Waals surface area contributed by atoms with E-state index in [4.69, 9.17) is 11.4 Å². The number of carbonyl (C=O) groups excluding carboxylic acids is 3. The van der Waals surface area contributed by atoms with E-state index < -0.39 is 38.9 Å². The van der Waals surface area contributed by atoms with Crippen molar-refractivity contribution < 1.29 is 25.7 Å². The lowest BCUT2D eigenvalue weighted by molar-refractivity contribution is -0.144. The topological polar surface area (TPSA) is 78.9 Å². The fraction of sp³-hybridized carbons (Fsp3) is 0.500. The van der Waals surface area contributed by atoms with Crippen LogP contribution in [-0.2, 0) is 25.7 Å². The summed E-state index contributed by atoms with van der Waals surface area (Å²) in [6.45, 7) is 0. The summed E-state index contributed by atoms with van der Waals surface area (Å²) in [6.07, 6.45) is 0. The van der Waals surface area contributed by atoms with Crippen LogP contribution in [0.2, 0.25) is 0 Å². The molecule has 0 rings (SSSR count). The number of rotatable bonds is 6. The van der Waals surface area contributed by atoms with Crippen LogP contribution in [0.15, 0.2) is 0 Å². The van der Waals surface area contributed by atoms with Crippen LogP contribution in [0.25, 0.3) is 0 Å². The molecule has 0 unspecified atom stereocenters. The fourth-order valence-corrected chi connectivity index (χ4v) is 4.18. The molecule has 0 fully saturated rings. The first kappa shape index (κ1) is 22.3. The van der Waals surface area contributed by atoms with Gasteiger partial charge in [-0.05, 0) is 0 Å². The fourth-order valence-electron chi connectivity index (χ4n) is 0.511. The number of halogens is 6. The Hall–Kier alpha value is 3.32. The Balaban J connectivity index is 4.68. The van der Waals surface area contributed by atoms with E-state index in [1.807, 2.05) is 136 Å². The predicted octanol–water partition coefficient (Wildman–Crippen LogP) is 3.19. The summed E-state index contributed by atoms with van der Waals surface area (Å²) in [7, 11) is 0. The van der Waals surface area contributed by atoms with Crippen molar-refractivity contribution >= 4 is 169 Å². The van der Waals surface area contributed by atoms with Gasteiger partial charge in [0.05, 0.1) is 0 Å². The van der Waals surface area contributed by atoms with Gasteiger partial charge in [-0.2, -0.15) is 0 Å². The van der Waals surface area contributed by atoms with Crippen molar-refractivity contribution in [3.8, 4) is 0 Å². The summed E-state index contributed by atoms with van der Waals surface area (Å²) in [4.78, 5) is 34.4. The predicted molar refractivity (Wildman–Crippen MR) is 120 cm³/mol. The molecule has 0 amide bonds. The van der Waals surface area contributed by atoms with Crippen LogP contribution in [0, 0.1) is 0 Å². The quantitative estimate of drug-likeness (QED) is 0.232. The number of alkyl halides is 6. The van der Waals surface area contributed by atoms with E-state index in [2.05, 4.69) is 0 Å². The lowest BCUT2D eigenvalue weighted by Crippen LogP contribution is -2.38. The van der Waals surface area contributed by atoms with Crippen LogP contribution in [0.4, 0.5) is 0 Å². The summed E-state index contributed by atoms with van der Waals surface area (Å²) < 4.78 is 13.5. The van der Waals surface area contributed by atoms with Crippen LogP contribution in [0.5, 0.6) is 0 Å². The van der Waals surface area contributed by atoms with E-state index in [1.54, 1.807) is 0 Å². The Morgan fingerprint density at radius 3 is 1.00 bits per heavy atom. The molecule has 0 N–H and O–H groups in total. The second kappa shape index (κ2) is 11.8. The van der Waals surface area contributed by atoms with E-state index in [0.717, 1.165) is 0 Å². The van der Waals surface area contributed by atoms with Crippen LogP contribution >= 0.6 is 136 Å². The maximum absolute atomic E-state index is 11.5. The third kappa shape index (κ3) is 10.7.